The zero-order valence-corrected chi connectivity index (χ0v) is 13.7. The van der Waals surface area contributed by atoms with E-state index in [0.717, 1.165) is 12.5 Å². The summed E-state index contributed by atoms with van der Waals surface area (Å²) in [4.78, 5) is 1.77. The first-order valence-corrected chi connectivity index (χ1v) is 8.42. The Morgan fingerprint density at radius 2 is 2.14 bits per heavy atom. The first kappa shape index (κ1) is 17.1. The second kappa shape index (κ2) is 6.91. The number of nitrogens with one attached hydrogen (secondary N) is 1. The Bertz CT molecular complexity index is 623. The van der Waals surface area contributed by atoms with Gasteiger partial charge in [-0.3, -0.25) is 0 Å². The van der Waals surface area contributed by atoms with Crippen molar-refractivity contribution in [2.45, 2.75) is 23.5 Å². The smallest absolute Gasteiger partial charge is 0.240 e. The fourth-order valence-corrected chi connectivity index (χ4v) is 3.44. The number of hydrogen-bond acceptors (Lipinski definition) is 5. The largest absolute Gasteiger partial charge is 0.383 e. The Morgan fingerprint density at radius 3 is 2.68 bits per heavy atom. The molecule has 22 heavy (non-hydrogen) atoms. The van der Waals surface area contributed by atoms with Crippen molar-refractivity contribution < 1.29 is 22.3 Å². The lowest BCUT2D eigenvalue weighted by molar-refractivity contribution is 0.111. The van der Waals surface area contributed by atoms with Crippen LogP contribution in [0.5, 0.6) is 0 Å². The highest BCUT2D eigenvalue weighted by Crippen LogP contribution is 2.30. The van der Waals surface area contributed by atoms with Gasteiger partial charge in [-0.15, -0.1) is 0 Å². The number of rotatable bonds is 6. The fourth-order valence-electron chi connectivity index (χ4n) is 2.70. The molecule has 1 aliphatic heterocycles. The summed E-state index contributed by atoms with van der Waals surface area (Å²) < 4.78 is 50.5. The highest BCUT2D eigenvalue weighted by molar-refractivity contribution is 7.89. The third kappa shape index (κ3) is 3.40. The monoisotopic (exact) mass is 332 g/mol. The Morgan fingerprint density at radius 1 is 1.41 bits per heavy atom. The summed E-state index contributed by atoms with van der Waals surface area (Å²) in [5.74, 6) is -0.575. The number of ether oxygens (including phenoxy) is 2. The number of benzene rings is 1. The summed E-state index contributed by atoms with van der Waals surface area (Å²) in [5, 5.41) is 0. The van der Waals surface area contributed by atoms with E-state index in [1.54, 1.807) is 14.2 Å². The third-order valence-electron chi connectivity index (χ3n) is 3.88. The van der Waals surface area contributed by atoms with Gasteiger partial charge in [0.2, 0.25) is 10.0 Å². The lowest BCUT2D eigenvalue weighted by Gasteiger charge is -2.26. The van der Waals surface area contributed by atoms with Crippen LogP contribution in [0.25, 0.3) is 0 Å². The second-order valence-electron chi connectivity index (χ2n) is 5.18. The highest BCUT2D eigenvalue weighted by atomic mass is 32.2. The minimum atomic E-state index is -3.66. The molecule has 0 unspecified atom stereocenters. The molecule has 6 nitrogen and oxygen atoms in total. The molecule has 1 aromatic rings. The molecule has 1 saturated heterocycles. The van der Waals surface area contributed by atoms with Crippen LogP contribution in [0.3, 0.4) is 0 Å². The molecule has 0 radical (unpaired) electrons. The summed E-state index contributed by atoms with van der Waals surface area (Å²) in [6.45, 7) is 0.995. The average Bonchev–Trinajstić information content (AvgIpc) is 2.90. The molecule has 1 aromatic carbocycles. The van der Waals surface area contributed by atoms with E-state index in [2.05, 4.69) is 4.72 Å². The quantitative estimate of drug-likeness (QED) is 0.841. The van der Waals surface area contributed by atoms with Gasteiger partial charge in [-0.05, 0) is 31.7 Å². The van der Waals surface area contributed by atoms with Gasteiger partial charge >= 0.3 is 0 Å². The molecule has 0 saturated carbocycles. The number of sulfonamides is 1. The van der Waals surface area contributed by atoms with Gasteiger partial charge < -0.3 is 14.4 Å². The van der Waals surface area contributed by atoms with Crippen molar-refractivity contribution in [3.05, 3.63) is 24.0 Å². The lowest BCUT2D eigenvalue weighted by Crippen LogP contribution is -2.33. The van der Waals surface area contributed by atoms with Crippen LogP contribution in [0.1, 0.15) is 6.42 Å². The molecule has 1 N–H and O–H groups in total. The standard InChI is InChI=1S/C14H21FN2O4S/c1-16-22(18,19)12-4-5-14(13(15)7-12)17-8-11(21-3)6-10(17)9-20-2/h4-5,7,10-11,16H,6,8-9H2,1-3H3/t10-,11-/m0/s1. The summed E-state index contributed by atoms with van der Waals surface area (Å²) in [7, 11) is 0.850. The van der Waals surface area contributed by atoms with Crippen molar-refractivity contribution in [3.63, 3.8) is 0 Å². The molecule has 1 fully saturated rings. The van der Waals surface area contributed by atoms with Gasteiger partial charge in [-0.2, -0.15) is 0 Å². The van der Waals surface area contributed by atoms with Crippen molar-refractivity contribution in [2.24, 2.45) is 0 Å². The van der Waals surface area contributed by atoms with E-state index in [4.69, 9.17) is 9.47 Å². The van der Waals surface area contributed by atoms with Crippen LogP contribution in [0.2, 0.25) is 0 Å². The lowest BCUT2D eigenvalue weighted by atomic mass is 10.2. The predicted molar refractivity (Wildman–Crippen MR) is 81.1 cm³/mol. The SMILES string of the molecule is CNS(=O)(=O)c1ccc(N2C[C@@H](OC)C[C@H]2COC)c(F)c1. The highest BCUT2D eigenvalue weighted by Gasteiger charge is 2.33. The molecule has 0 bridgehead atoms. The van der Waals surface area contributed by atoms with Crippen LogP contribution in [-0.2, 0) is 19.5 Å². The van der Waals surface area contributed by atoms with Crippen LogP contribution in [0, 0.1) is 5.82 Å². The third-order valence-corrected chi connectivity index (χ3v) is 5.29. The van der Waals surface area contributed by atoms with E-state index in [-0.39, 0.29) is 17.0 Å². The van der Waals surface area contributed by atoms with Gasteiger partial charge in [0.25, 0.3) is 0 Å². The molecular weight excluding hydrogens is 311 g/mol. The average molecular weight is 332 g/mol. The predicted octanol–water partition coefficient (Wildman–Crippen LogP) is 0.974. The number of nitrogens with zero attached hydrogens (tertiary/aromatic N) is 1. The summed E-state index contributed by atoms with van der Waals surface area (Å²) in [5.41, 5.74) is 0.358. The van der Waals surface area contributed by atoms with Gasteiger partial charge in [0, 0.05) is 20.8 Å². The van der Waals surface area contributed by atoms with Gasteiger partial charge in [0.05, 0.1) is 29.3 Å². The van der Waals surface area contributed by atoms with Gasteiger partial charge in [-0.1, -0.05) is 0 Å². The molecular formula is C14H21FN2O4S. The van der Waals surface area contributed by atoms with Crippen LogP contribution < -0.4 is 9.62 Å². The summed E-state index contributed by atoms with van der Waals surface area (Å²) in [6, 6.07) is 3.91. The van der Waals surface area contributed by atoms with E-state index in [1.807, 2.05) is 4.90 Å². The van der Waals surface area contributed by atoms with Crippen molar-refractivity contribution in [2.75, 3.05) is 39.3 Å². The molecule has 0 aromatic heterocycles. The minimum Gasteiger partial charge on any atom is -0.383 e. The maximum atomic E-state index is 14.4. The minimum absolute atomic E-state index is 0.000248. The van der Waals surface area contributed by atoms with Gasteiger partial charge in [-0.25, -0.2) is 17.5 Å². The number of methoxy groups -OCH3 is 2. The Labute approximate surface area is 130 Å². The van der Waals surface area contributed by atoms with Crippen LogP contribution in [-0.4, -0.2) is 55.0 Å². The van der Waals surface area contributed by atoms with Crippen molar-refractivity contribution in [1.82, 2.24) is 4.72 Å². The van der Waals surface area contributed by atoms with Gasteiger partial charge in [0.1, 0.15) is 5.82 Å². The first-order valence-electron chi connectivity index (χ1n) is 6.94. The fraction of sp³-hybridized carbons (Fsp3) is 0.571. The summed E-state index contributed by atoms with van der Waals surface area (Å²) >= 11 is 0. The maximum Gasteiger partial charge on any atom is 0.240 e. The normalized spacial score (nSPS) is 22.3. The van der Waals surface area contributed by atoms with Crippen LogP contribution in [0.15, 0.2) is 23.1 Å². The number of anilines is 1. The topological polar surface area (TPSA) is 67.9 Å². The zero-order valence-electron chi connectivity index (χ0n) is 12.9. The first-order chi connectivity index (χ1) is 10.4. The molecule has 8 heteroatoms. The second-order valence-corrected chi connectivity index (χ2v) is 7.06. The molecule has 124 valence electrons. The van der Waals surface area contributed by atoms with Crippen LogP contribution in [0.4, 0.5) is 10.1 Å². The van der Waals surface area contributed by atoms with E-state index in [1.165, 1.54) is 19.2 Å². The maximum absolute atomic E-state index is 14.4. The summed E-state index contributed by atoms with van der Waals surface area (Å²) in [6.07, 6.45) is 0.737. The number of hydrogen-bond donors (Lipinski definition) is 1. The molecule has 0 aliphatic carbocycles. The number of halogens is 1. The molecule has 2 atom stereocenters. The van der Waals surface area contributed by atoms with Crippen LogP contribution >= 0.6 is 0 Å². The Hall–Kier alpha value is -1.22. The molecule has 1 aliphatic rings. The van der Waals surface area contributed by atoms with Crippen molar-refractivity contribution >= 4 is 15.7 Å². The van der Waals surface area contributed by atoms with Gasteiger partial charge in [0.15, 0.2) is 0 Å². The molecule has 0 spiro atoms. The zero-order chi connectivity index (χ0) is 16.3. The van der Waals surface area contributed by atoms with E-state index in [0.29, 0.717) is 18.8 Å². The molecule has 0 amide bonds. The van der Waals surface area contributed by atoms with E-state index >= 15 is 0 Å². The Kier molecular flexibility index (Phi) is 5.38. The van der Waals surface area contributed by atoms with E-state index in [9.17, 15) is 12.8 Å². The van der Waals surface area contributed by atoms with E-state index < -0.39 is 15.8 Å². The Balaban J connectivity index is 2.32. The van der Waals surface area contributed by atoms with Crippen molar-refractivity contribution in [1.29, 1.82) is 0 Å². The molecule has 1 heterocycles. The van der Waals surface area contributed by atoms with Crippen molar-refractivity contribution in [3.8, 4) is 0 Å². The molecule has 2 rings (SSSR count).